The lowest BCUT2D eigenvalue weighted by molar-refractivity contribution is -0.0398. The smallest absolute Gasteiger partial charge is 0.292 e. The van der Waals surface area contributed by atoms with Crippen molar-refractivity contribution in [3.63, 3.8) is 0 Å². The Balaban J connectivity index is 2.14. The van der Waals surface area contributed by atoms with Gasteiger partial charge in [0.25, 0.3) is 5.91 Å². The Kier molecular flexibility index (Phi) is 2.96. The summed E-state index contributed by atoms with van der Waals surface area (Å²) in [6.45, 7) is 6.89. The molecule has 1 aliphatic heterocycles. The highest BCUT2D eigenvalue weighted by atomic mass is 16.5. The van der Waals surface area contributed by atoms with Gasteiger partial charge in [0, 0.05) is 12.6 Å². The van der Waals surface area contributed by atoms with E-state index in [1.807, 2.05) is 13.8 Å². The van der Waals surface area contributed by atoms with Crippen molar-refractivity contribution in [3.05, 3.63) is 17.5 Å². The molecule has 1 aromatic rings. The van der Waals surface area contributed by atoms with Crippen molar-refractivity contribution < 1.29 is 14.1 Å². The van der Waals surface area contributed by atoms with Gasteiger partial charge in [-0.1, -0.05) is 5.16 Å². The standard InChI is InChI=1S/C11H16N2O3/c1-7-4-10(16-12-7)11(14)13-5-9(3)15-6-8(13)2/h4,8-9H,5-6H2,1-3H3/t8-,9+/m0/s1. The van der Waals surface area contributed by atoms with Gasteiger partial charge in [-0.3, -0.25) is 4.79 Å². The first kappa shape index (κ1) is 11.1. The van der Waals surface area contributed by atoms with Gasteiger partial charge in [0.1, 0.15) is 0 Å². The zero-order valence-corrected chi connectivity index (χ0v) is 9.77. The lowest BCUT2D eigenvalue weighted by Gasteiger charge is -2.36. The molecule has 0 saturated carbocycles. The maximum Gasteiger partial charge on any atom is 0.292 e. The molecule has 16 heavy (non-hydrogen) atoms. The molecule has 1 aromatic heterocycles. The summed E-state index contributed by atoms with van der Waals surface area (Å²) in [5.41, 5.74) is 0.720. The Morgan fingerprint density at radius 1 is 1.56 bits per heavy atom. The Morgan fingerprint density at radius 3 is 2.94 bits per heavy atom. The number of carbonyl (C=O) groups is 1. The molecule has 2 atom stereocenters. The largest absolute Gasteiger partial charge is 0.375 e. The molecule has 1 saturated heterocycles. The van der Waals surface area contributed by atoms with Gasteiger partial charge < -0.3 is 14.2 Å². The van der Waals surface area contributed by atoms with E-state index in [0.29, 0.717) is 18.9 Å². The molecule has 0 aromatic carbocycles. The predicted octanol–water partition coefficient (Wildman–Crippen LogP) is 1.23. The summed E-state index contributed by atoms with van der Waals surface area (Å²) in [6, 6.07) is 1.74. The minimum atomic E-state index is -0.108. The number of rotatable bonds is 1. The summed E-state index contributed by atoms with van der Waals surface area (Å²) in [6.07, 6.45) is 0.0733. The molecule has 1 aliphatic rings. The zero-order valence-electron chi connectivity index (χ0n) is 9.77. The number of nitrogens with zero attached hydrogens (tertiary/aromatic N) is 2. The maximum absolute atomic E-state index is 12.1. The van der Waals surface area contributed by atoms with Gasteiger partial charge in [-0.15, -0.1) is 0 Å². The van der Waals surface area contributed by atoms with Crippen molar-refractivity contribution in [1.82, 2.24) is 10.1 Å². The van der Waals surface area contributed by atoms with Crippen LogP contribution in [-0.2, 0) is 4.74 Å². The average Bonchev–Trinajstić information content (AvgIpc) is 2.67. The monoisotopic (exact) mass is 224 g/mol. The van der Waals surface area contributed by atoms with E-state index in [4.69, 9.17) is 9.26 Å². The maximum atomic E-state index is 12.1. The van der Waals surface area contributed by atoms with E-state index in [9.17, 15) is 4.79 Å². The third-order valence-electron chi connectivity index (χ3n) is 2.71. The van der Waals surface area contributed by atoms with Crippen molar-refractivity contribution in [2.45, 2.75) is 32.9 Å². The second-order valence-electron chi connectivity index (χ2n) is 4.28. The van der Waals surface area contributed by atoms with Gasteiger partial charge in [0.2, 0.25) is 5.76 Å². The first-order chi connectivity index (χ1) is 7.58. The lowest BCUT2D eigenvalue weighted by atomic mass is 10.2. The summed E-state index contributed by atoms with van der Waals surface area (Å²) >= 11 is 0. The molecular formula is C11H16N2O3. The van der Waals surface area contributed by atoms with Crippen LogP contribution in [0.3, 0.4) is 0 Å². The van der Waals surface area contributed by atoms with Crippen LogP contribution in [0.1, 0.15) is 30.1 Å². The molecule has 1 fully saturated rings. The minimum absolute atomic E-state index is 0.0733. The number of carbonyl (C=O) groups excluding carboxylic acids is 1. The molecule has 5 nitrogen and oxygen atoms in total. The molecular weight excluding hydrogens is 208 g/mol. The Labute approximate surface area is 94.3 Å². The summed E-state index contributed by atoms with van der Waals surface area (Å²) in [7, 11) is 0. The highest BCUT2D eigenvalue weighted by Gasteiger charge is 2.30. The van der Waals surface area contributed by atoms with E-state index < -0.39 is 0 Å². The molecule has 5 heteroatoms. The van der Waals surface area contributed by atoms with Crippen LogP contribution in [0.2, 0.25) is 0 Å². The fourth-order valence-corrected chi connectivity index (χ4v) is 1.79. The SMILES string of the molecule is Cc1cc(C(=O)N2C[C@@H](C)OC[C@@H]2C)on1. The third kappa shape index (κ3) is 2.09. The van der Waals surface area contributed by atoms with Gasteiger partial charge in [0.05, 0.1) is 24.4 Å². The Morgan fingerprint density at radius 2 is 2.31 bits per heavy atom. The quantitative estimate of drug-likeness (QED) is 0.720. The normalized spacial score (nSPS) is 25.8. The van der Waals surface area contributed by atoms with E-state index in [1.54, 1.807) is 17.9 Å². The van der Waals surface area contributed by atoms with Crippen LogP contribution in [0.5, 0.6) is 0 Å². The van der Waals surface area contributed by atoms with Crippen LogP contribution < -0.4 is 0 Å². The summed E-state index contributed by atoms with van der Waals surface area (Å²) in [5.74, 6) is 0.196. The number of morpholine rings is 1. The van der Waals surface area contributed by atoms with Crippen LogP contribution in [0.4, 0.5) is 0 Å². The molecule has 0 aliphatic carbocycles. The van der Waals surface area contributed by atoms with Crippen molar-refractivity contribution in [2.75, 3.05) is 13.2 Å². The topological polar surface area (TPSA) is 55.6 Å². The van der Waals surface area contributed by atoms with E-state index in [0.717, 1.165) is 5.69 Å². The van der Waals surface area contributed by atoms with E-state index in [-0.39, 0.29) is 18.1 Å². The zero-order chi connectivity index (χ0) is 11.7. The van der Waals surface area contributed by atoms with Crippen LogP contribution in [-0.4, -0.2) is 41.3 Å². The number of hydrogen-bond donors (Lipinski definition) is 0. The first-order valence-corrected chi connectivity index (χ1v) is 5.44. The van der Waals surface area contributed by atoms with Crippen LogP contribution in [0, 0.1) is 6.92 Å². The van der Waals surface area contributed by atoms with Crippen LogP contribution in [0.25, 0.3) is 0 Å². The second-order valence-corrected chi connectivity index (χ2v) is 4.28. The van der Waals surface area contributed by atoms with Gasteiger partial charge in [-0.2, -0.15) is 0 Å². The van der Waals surface area contributed by atoms with Crippen molar-refractivity contribution in [1.29, 1.82) is 0 Å². The molecule has 1 amide bonds. The summed E-state index contributed by atoms with van der Waals surface area (Å²) in [5, 5.41) is 3.72. The minimum Gasteiger partial charge on any atom is -0.375 e. The van der Waals surface area contributed by atoms with E-state index in [1.165, 1.54) is 0 Å². The fraction of sp³-hybridized carbons (Fsp3) is 0.636. The molecule has 2 heterocycles. The average molecular weight is 224 g/mol. The van der Waals surface area contributed by atoms with Gasteiger partial charge in [0.15, 0.2) is 0 Å². The number of aromatic nitrogens is 1. The highest BCUT2D eigenvalue weighted by molar-refractivity contribution is 5.91. The highest BCUT2D eigenvalue weighted by Crippen LogP contribution is 2.15. The molecule has 0 bridgehead atoms. The van der Waals surface area contributed by atoms with Crippen LogP contribution in [0.15, 0.2) is 10.6 Å². The number of amides is 1. The van der Waals surface area contributed by atoms with E-state index in [2.05, 4.69) is 5.16 Å². The number of aryl methyl sites for hydroxylation is 1. The molecule has 88 valence electrons. The number of ether oxygens (including phenoxy) is 1. The van der Waals surface area contributed by atoms with Crippen molar-refractivity contribution in [3.8, 4) is 0 Å². The van der Waals surface area contributed by atoms with Gasteiger partial charge >= 0.3 is 0 Å². The van der Waals surface area contributed by atoms with Crippen molar-refractivity contribution in [2.24, 2.45) is 0 Å². The number of hydrogen-bond acceptors (Lipinski definition) is 4. The molecule has 0 radical (unpaired) electrons. The van der Waals surface area contributed by atoms with E-state index >= 15 is 0 Å². The first-order valence-electron chi connectivity index (χ1n) is 5.44. The predicted molar refractivity (Wildman–Crippen MR) is 57.2 cm³/mol. The van der Waals surface area contributed by atoms with Gasteiger partial charge in [-0.25, -0.2) is 0 Å². The van der Waals surface area contributed by atoms with Gasteiger partial charge in [-0.05, 0) is 20.8 Å². The van der Waals surface area contributed by atoms with Crippen molar-refractivity contribution >= 4 is 5.91 Å². The fourth-order valence-electron chi connectivity index (χ4n) is 1.79. The summed E-state index contributed by atoms with van der Waals surface area (Å²) < 4.78 is 10.5. The summed E-state index contributed by atoms with van der Waals surface area (Å²) in [4.78, 5) is 13.9. The Bertz CT molecular complexity index is 388. The second kappa shape index (κ2) is 4.25. The Hall–Kier alpha value is -1.36. The van der Waals surface area contributed by atoms with Crippen LogP contribution >= 0.6 is 0 Å². The molecule has 0 unspecified atom stereocenters. The molecule has 0 spiro atoms. The third-order valence-corrected chi connectivity index (χ3v) is 2.71. The lowest BCUT2D eigenvalue weighted by Crippen LogP contribution is -2.50. The molecule has 0 N–H and O–H groups in total. The molecule has 2 rings (SSSR count).